The number of amides is 1. The number of hydrogen-bond acceptors (Lipinski definition) is 4. The Morgan fingerprint density at radius 2 is 2.15 bits per heavy atom. The van der Waals surface area contributed by atoms with Crippen LogP contribution < -0.4 is 0 Å². The van der Waals surface area contributed by atoms with Gasteiger partial charge in [-0.2, -0.15) is 5.10 Å². The summed E-state index contributed by atoms with van der Waals surface area (Å²) < 4.78 is 13.2. The van der Waals surface area contributed by atoms with Crippen molar-refractivity contribution in [3.63, 3.8) is 0 Å². The highest BCUT2D eigenvalue weighted by atomic mass is 32.1. The van der Waals surface area contributed by atoms with Crippen LogP contribution >= 0.6 is 11.3 Å². The number of aromatic amines is 1. The van der Waals surface area contributed by atoms with Crippen LogP contribution in [0.25, 0.3) is 11.1 Å². The highest BCUT2D eigenvalue weighted by Gasteiger charge is 2.29. The van der Waals surface area contributed by atoms with E-state index in [0.29, 0.717) is 12.2 Å². The third-order valence-corrected chi connectivity index (χ3v) is 5.55. The van der Waals surface area contributed by atoms with Crippen molar-refractivity contribution in [2.24, 2.45) is 0 Å². The molecule has 26 heavy (non-hydrogen) atoms. The molecule has 1 fully saturated rings. The van der Waals surface area contributed by atoms with Crippen LogP contribution in [0.1, 0.15) is 39.9 Å². The van der Waals surface area contributed by atoms with Gasteiger partial charge in [-0.3, -0.25) is 9.89 Å². The molecule has 1 saturated heterocycles. The minimum Gasteiger partial charge on any atom is -0.337 e. The number of nitrogens with one attached hydrogen (secondary N) is 1. The fourth-order valence-corrected chi connectivity index (χ4v) is 4.07. The Bertz CT molecular complexity index is 918. The molecule has 1 amide bonds. The van der Waals surface area contributed by atoms with Crippen LogP contribution in [0.15, 0.2) is 35.8 Å². The molecule has 0 spiro atoms. The molecule has 3 heterocycles. The van der Waals surface area contributed by atoms with Crippen LogP contribution in [0.4, 0.5) is 4.39 Å². The molecule has 7 heteroatoms. The molecule has 1 aliphatic rings. The molecule has 0 aliphatic carbocycles. The van der Waals surface area contributed by atoms with Crippen LogP contribution in [0, 0.1) is 12.7 Å². The number of carbonyl (C=O) groups is 1. The Kier molecular flexibility index (Phi) is 4.55. The van der Waals surface area contributed by atoms with Crippen molar-refractivity contribution in [2.75, 3.05) is 13.1 Å². The van der Waals surface area contributed by atoms with Crippen LogP contribution in [0.3, 0.4) is 0 Å². The van der Waals surface area contributed by atoms with E-state index in [1.54, 1.807) is 18.3 Å². The van der Waals surface area contributed by atoms with E-state index in [1.165, 1.54) is 23.5 Å². The fourth-order valence-electron chi connectivity index (χ4n) is 3.49. The number of rotatable bonds is 3. The third-order valence-electron chi connectivity index (χ3n) is 4.78. The number of aromatic nitrogens is 3. The summed E-state index contributed by atoms with van der Waals surface area (Å²) in [4.78, 5) is 18.9. The second-order valence-corrected chi connectivity index (χ2v) is 7.61. The van der Waals surface area contributed by atoms with Gasteiger partial charge < -0.3 is 4.90 Å². The number of piperidine rings is 1. The Balaban J connectivity index is 1.56. The zero-order valence-electron chi connectivity index (χ0n) is 14.4. The second kappa shape index (κ2) is 6.99. The quantitative estimate of drug-likeness (QED) is 0.758. The highest BCUT2D eigenvalue weighted by Crippen LogP contribution is 2.33. The molecule has 0 bridgehead atoms. The van der Waals surface area contributed by atoms with E-state index >= 15 is 0 Å². The molecule has 1 aromatic carbocycles. The number of carbonyl (C=O) groups excluding carboxylic acids is 1. The minimum atomic E-state index is -0.258. The van der Waals surface area contributed by atoms with Gasteiger partial charge >= 0.3 is 0 Å². The van der Waals surface area contributed by atoms with Crippen LogP contribution in [-0.2, 0) is 0 Å². The number of benzene rings is 1. The first kappa shape index (κ1) is 16.9. The molecule has 134 valence electrons. The summed E-state index contributed by atoms with van der Waals surface area (Å²) in [5, 5.41) is 10.0. The summed E-state index contributed by atoms with van der Waals surface area (Å²) in [7, 11) is 0. The van der Waals surface area contributed by atoms with Gasteiger partial charge in [0.25, 0.3) is 5.91 Å². The van der Waals surface area contributed by atoms with Crippen molar-refractivity contribution < 1.29 is 9.18 Å². The average molecular weight is 370 g/mol. The molecule has 0 saturated carbocycles. The molecule has 4 rings (SSSR count). The first-order valence-electron chi connectivity index (χ1n) is 8.62. The Morgan fingerprint density at radius 1 is 1.35 bits per heavy atom. The minimum absolute atomic E-state index is 0.0121. The maximum absolute atomic E-state index is 13.2. The van der Waals surface area contributed by atoms with E-state index in [2.05, 4.69) is 15.2 Å². The fraction of sp³-hybridized carbons (Fsp3) is 0.316. The number of nitrogens with zero attached hydrogens (tertiary/aromatic N) is 3. The maximum Gasteiger partial charge on any atom is 0.273 e. The van der Waals surface area contributed by atoms with Gasteiger partial charge in [-0.25, -0.2) is 9.37 Å². The summed E-state index contributed by atoms with van der Waals surface area (Å²) in [5.41, 5.74) is 3.42. The van der Waals surface area contributed by atoms with Crippen molar-refractivity contribution >= 4 is 17.2 Å². The highest BCUT2D eigenvalue weighted by molar-refractivity contribution is 7.09. The number of thiazole rings is 1. The molecule has 3 aromatic rings. The predicted molar refractivity (Wildman–Crippen MR) is 98.7 cm³/mol. The number of likely N-dealkylation sites (tertiary alicyclic amines) is 1. The zero-order valence-corrected chi connectivity index (χ0v) is 15.2. The summed E-state index contributed by atoms with van der Waals surface area (Å²) in [6.45, 7) is 3.28. The lowest BCUT2D eigenvalue weighted by atomic mass is 9.90. The molecule has 5 nitrogen and oxygen atoms in total. The molecule has 1 aliphatic heterocycles. The molecule has 2 aromatic heterocycles. The maximum atomic E-state index is 13.2. The van der Waals surface area contributed by atoms with Crippen molar-refractivity contribution in [3.8, 4) is 11.1 Å². The van der Waals surface area contributed by atoms with E-state index in [-0.39, 0.29) is 17.6 Å². The normalized spacial score (nSPS) is 17.5. The van der Waals surface area contributed by atoms with Gasteiger partial charge in [0, 0.05) is 35.6 Å². The van der Waals surface area contributed by atoms with Gasteiger partial charge in [0.1, 0.15) is 11.5 Å². The van der Waals surface area contributed by atoms with Gasteiger partial charge in [-0.05, 0) is 37.5 Å². The Labute approximate surface area is 154 Å². The van der Waals surface area contributed by atoms with Crippen molar-refractivity contribution in [1.29, 1.82) is 0 Å². The van der Waals surface area contributed by atoms with Gasteiger partial charge in [0.2, 0.25) is 0 Å². The Morgan fingerprint density at radius 3 is 2.88 bits per heavy atom. The number of aryl methyl sites for hydroxylation is 1. The Hall–Kier alpha value is -2.54. The SMILES string of the molecule is Cc1nc(C(=O)N2CCC[C@@H](c3[nH]ncc3-c3ccc(F)cc3)C2)cs1. The number of halogens is 1. The molecular formula is C19H19FN4OS. The first-order valence-corrected chi connectivity index (χ1v) is 9.50. The molecular weight excluding hydrogens is 351 g/mol. The largest absolute Gasteiger partial charge is 0.337 e. The van der Waals surface area contributed by atoms with E-state index in [0.717, 1.165) is 41.2 Å². The van der Waals surface area contributed by atoms with Gasteiger partial charge in [-0.15, -0.1) is 11.3 Å². The number of hydrogen-bond donors (Lipinski definition) is 1. The topological polar surface area (TPSA) is 61.9 Å². The molecule has 1 atom stereocenters. The summed E-state index contributed by atoms with van der Waals surface area (Å²) in [6.07, 6.45) is 3.69. The molecule has 1 N–H and O–H groups in total. The van der Waals surface area contributed by atoms with Crippen molar-refractivity contribution in [1.82, 2.24) is 20.1 Å². The van der Waals surface area contributed by atoms with E-state index in [9.17, 15) is 9.18 Å². The van der Waals surface area contributed by atoms with Crippen LogP contribution in [-0.4, -0.2) is 39.1 Å². The van der Waals surface area contributed by atoms with E-state index < -0.39 is 0 Å². The number of H-pyrrole nitrogens is 1. The monoisotopic (exact) mass is 370 g/mol. The van der Waals surface area contributed by atoms with Crippen LogP contribution in [0.5, 0.6) is 0 Å². The van der Waals surface area contributed by atoms with E-state index in [4.69, 9.17) is 0 Å². The standard InChI is InChI=1S/C19H19FN4OS/c1-12-22-17(11-26-12)19(25)24-8-2-3-14(10-24)18-16(9-21-23-18)13-4-6-15(20)7-5-13/h4-7,9,11,14H,2-3,8,10H2,1H3,(H,21,23)/t14-/m1/s1. The predicted octanol–water partition coefficient (Wildman–Crippen LogP) is 4.00. The second-order valence-electron chi connectivity index (χ2n) is 6.55. The van der Waals surface area contributed by atoms with Gasteiger partial charge in [-0.1, -0.05) is 12.1 Å². The first-order chi connectivity index (χ1) is 12.6. The van der Waals surface area contributed by atoms with E-state index in [1.807, 2.05) is 17.2 Å². The lowest BCUT2D eigenvalue weighted by Gasteiger charge is -2.32. The van der Waals surface area contributed by atoms with Crippen molar-refractivity contribution in [3.05, 3.63) is 58.1 Å². The lowest BCUT2D eigenvalue weighted by Crippen LogP contribution is -2.39. The lowest BCUT2D eigenvalue weighted by molar-refractivity contribution is 0.0700. The smallest absolute Gasteiger partial charge is 0.273 e. The molecule has 0 unspecified atom stereocenters. The third kappa shape index (κ3) is 3.26. The zero-order chi connectivity index (χ0) is 18.1. The summed E-state index contributed by atoms with van der Waals surface area (Å²) >= 11 is 1.49. The van der Waals surface area contributed by atoms with Gasteiger partial charge in [0.05, 0.1) is 11.2 Å². The molecule has 0 radical (unpaired) electrons. The summed E-state index contributed by atoms with van der Waals surface area (Å²) in [6, 6.07) is 6.42. The van der Waals surface area contributed by atoms with Crippen molar-refractivity contribution in [2.45, 2.75) is 25.7 Å². The van der Waals surface area contributed by atoms with Crippen LogP contribution in [0.2, 0.25) is 0 Å². The average Bonchev–Trinajstić information content (AvgIpc) is 3.31. The summed E-state index contributed by atoms with van der Waals surface area (Å²) in [5.74, 6) is -0.0938. The van der Waals surface area contributed by atoms with Gasteiger partial charge in [0.15, 0.2) is 0 Å².